The van der Waals surface area contributed by atoms with Crippen LogP contribution in [0.2, 0.25) is 0 Å². The first kappa shape index (κ1) is 11.7. The Bertz CT molecular complexity index is 720. The lowest BCUT2D eigenvalue weighted by atomic mass is 9.82. The number of hydrogen-bond acceptors (Lipinski definition) is 3. The quantitative estimate of drug-likeness (QED) is 0.762. The summed E-state index contributed by atoms with van der Waals surface area (Å²) in [6, 6.07) is 8.33. The molecule has 4 nitrogen and oxygen atoms in total. The fourth-order valence-electron chi connectivity index (χ4n) is 3.30. The van der Waals surface area contributed by atoms with Crippen molar-refractivity contribution in [2.45, 2.75) is 31.7 Å². The van der Waals surface area contributed by atoms with Crippen LogP contribution in [0.15, 0.2) is 40.6 Å². The molecular weight excluding hydrogens is 252 g/mol. The molecule has 0 radical (unpaired) electrons. The highest BCUT2D eigenvalue weighted by atomic mass is 16.7. The summed E-state index contributed by atoms with van der Waals surface area (Å²) in [5.41, 5.74) is 3.68. The van der Waals surface area contributed by atoms with Crippen LogP contribution in [0, 0.1) is 5.92 Å². The Morgan fingerprint density at radius 3 is 3.05 bits per heavy atom. The SMILES string of the molecule is O=C1CCC2CCC3N=c4ccccc4=CC3=C2ON1. The highest BCUT2D eigenvalue weighted by Crippen LogP contribution is 2.37. The third-order valence-corrected chi connectivity index (χ3v) is 4.34. The van der Waals surface area contributed by atoms with Gasteiger partial charge in [-0.05, 0) is 31.4 Å². The molecular formula is C16H16N2O2. The summed E-state index contributed by atoms with van der Waals surface area (Å²) in [4.78, 5) is 21.9. The molecule has 102 valence electrons. The van der Waals surface area contributed by atoms with Crippen molar-refractivity contribution in [1.29, 1.82) is 0 Å². The van der Waals surface area contributed by atoms with Crippen LogP contribution in [0.3, 0.4) is 0 Å². The largest absolute Gasteiger partial charge is 0.383 e. The van der Waals surface area contributed by atoms with Gasteiger partial charge in [0.1, 0.15) is 5.76 Å². The van der Waals surface area contributed by atoms with Crippen molar-refractivity contribution >= 4 is 12.0 Å². The Kier molecular flexibility index (Phi) is 2.62. The van der Waals surface area contributed by atoms with E-state index in [1.807, 2.05) is 12.1 Å². The van der Waals surface area contributed by atoms with E-state index in [1.165, 1.54) is 0 Å². The number of carbonyl (C=O) groups excluding carboxylic acids is 1. The van der Waals surface area contributed by atoms with E-state index in [9.17, 15) is 4.79 Å². The molecule has 2 atom stereocenters. The Morgan fingerprint density at radius 2 is 2.10 bits per heavy atom. The van der Waals surface area contributed by atoms with Crippen LogP contribution in [0.1, 0.15) is 25.7 Å². The lowest BCUT2D eigenvalue weighted by Gasteiger charge is -2.29. The van der Waals surface area contributed by atoms with E-state index in [2.05, 4.69) is 23.7 Å². The number of hydrogen-bond donors (Lipinski definition) is 1. The summed E-state index contributed by atoms with van der Waals surface area (Å²) in [6.45, 7) is 0. The Morgan fingerprint density at radius 1 is 1.20 bits per heavy atom. The van der Waals surface area contributed by atoms with Crippen molar-refractivity contribution in [3.63, 3.8) is 0 Å². The van der Waals surface area contributed by atoms with Crippen molar-refractivity contribution in [2.75, 3.05) is 0 Å². The molecule has 1 fully saturated rings. The molecule has 0 spiro atoms. The summed E-state index contributed by atoms with van der Waals surface area (Å²) >= 11 is 0. The zero-order chi connectivity index (χ0) is 13.5. The molecule has 0 aromatic heterocycles. The summed E-state index contributed by atoms with van der Waals surface area (Å²) in [6.07, 6.45) is 5.66. The minimum Gasteiger partial charge on any atom is -0.383 e. The van der Waals surface area contributed by atoms with Gasteiger partial charge in [0.2, 0.25) is 0 Å². The van der Waals surface area contributed by atoms with Gasteiger partial charge in [-0.1, -0.05) is 18.2 Å². The predicted molar refractivity (Wildman–Crippen MR) is 73.7 cm³/mol. The number of nitrogens with one attached hydrogen (secondary N) is 1. The monoisotopic (exact) mass is 268 g/mol. The van der Waals surface area contributed by atoms with E-state index in [0.717, 1.165) is 41.2 Å². The van der Waals surface area contributed by atoms with Crippen molar-refractivity contribution in [3.05, 3.63) is 46.2 Å². The van der Waals surface area contributed by atoms with Gasteiger partial charge in [-0.3, -0.25) is 9.79 Å². The topological polar surface area (TPSA) is 50.7 Å². The number of para-hydroxylation sites is 1. The number of allylic oxidation sites excluding steroid dienone is 1. The first-order chi connectivity index (χ1) is 9.81. The molecule has 4 rings (SSSR count). The maximum Gasteiger partial charge on any atom is 0.252 e. The third kappa shape index (κ3) is 1.83. The van der Waals surface area contributed by atoms with E-state index in [4.69, 9.17) is 9.83 Å². The van der Waals surface area contributed by atoms with Gasteiger partial charge in [0, 0.05) is 23.1 Å². The summed E-state index contributed by atoms with van der Waals surface area (Å²) < 4.78 is 0. The maximum atomic E-state index is 11.5. The van der Waals surface area contributed by atoms with Crippen LogP contribution < -0.4 is 16.1 Å². The molecule has 2 unspecified atom stereocenters. The molecule has 20 heavy (non-hydrogen) atoms. The Labute approximate surface area is 116 Å². The second kappa shape index (κ2) is 4.47. The lowest BCUT2D eigenvalue weighted by Crippen LogP contribution is -2.35. The molecule has 1 saturated heterocycles. The normalized spacial score (nSPS) is 27.7. The van der Waals surface area contributed by atoms with E-state index in [-0.39, 0.29) is 11.9 Å². The Balaban J connectivity index is 1.87. The molecule has 0 saturated carbocycles. The molecule has 0 bridgehead atoms. The molecule has 4 heteroatoms. The van der Waals surface area contributed by atoms with E-state index < -0.39 is 0 Å². The minimum absolute atomic E-state index is 0.0304. The third-order valence-electron chi connectivity index (χ3n) is 4.34. The van der Waals surface area contributed by atoms with E-state index in [0.29, 0.717) is 12.3 Å². The van der Waals surface area contributed by atoms with Crippen LogP contribution in [-0.4, -0.2) is 11.9 Å². The van der Waals surface area contributed by atoms with Crippen LogP contribution in [-0.2, 0) is 9.63 Å². The zero-order valence-corrected chi connectivity index (χ0v) is 11.1. The van der Waals surface area contributed by atoms with Crippen molar-refractivity contribution in [3.8, 4) is 0 Å². The molecule has 1 aromatic carbocycles. The maximum absolute atomic E-state index is 11.5. The van der Waals surface area contributed by atoms with Crippen LogP contribution in [0.25, 0.3) is 6.08 Å². The van der Waals surface area contributed by atoms with Crippen LogP contribution in [0.5, 0.6) is 0 Å². The first-order valence-electron chi connectivity index (χ1n) is 7.15. The fourth-order valence-corrected chi connectivity index (χ4v) is 3.30. The molecule has 1 N–H and O–H groups in total. The van der Waals surface area contributed by atoms with Crippen molar-refractivity contribution in [2.24, 2.45) is 10.9 Å². The highest BCUT2D eigenvalue weighted by molar-refractivity contribution is 5.75. The molecule has 1 aromatic rings. The standard InChI is InChI=1S/C16H16N2O2/c19-15-8-6-10-5-7-14-12(16(10)20-18-15)9-11-3-1-2-4-13(11)17-14/h1-4,9-10,14H,5-8H2,(H,18,19). The van der Waals surface area contributed by atoms with Gasteiger partial charge in [0.25, 0.3) is 5.91 Å². The molecule has 2 aliphatic heterocycles. The number of amides is 1. The lowest BCUT2D eigenvalue weighted by molar-refractivity contribution is -0.129. The van der Waals surface area contributed by atoms with Crippen molar-refractivity contribution < 1.29 is 9.63 Å². The summed E-state index contributed by atoms with van der Waals surface area (Å²) in [5, 5.41) is 2.18. The average Bonchev–Trinajstić information content (AvgIpc) is 2.67. The molecule has 1 aliphatic carbocycles. The van der Waals surface area contributed by atoms with Gasteiger partial charge >= 0.3 is 0 Å². The number of rotatable bonds is 0. The fraction of sp³-hybridized carbons (Fsp3) is 0.375. The second-order valence-corrected chi connectivity index (χ2v) is 5.61. The minimum atomic E-state index is -0.0304. The predicted octanol–water partition coefficient (Wildman–Crippen LogP) is 0.975. The van der Waals surface area contributed by atoms with Gasteiger partial charge in [-0.2, -0.15) is 5.48 Å². The average molecular weight is 268 g/mol. The molecule has 2 heterocycles. The van der Waals surface area contributed by atoms with Gasteiger partial charge in [-0.25, -0.2) is 0 Å². The van der Waals surface area contributed by atoms with Crippen LogP contribution >= 0.6 is 0 Å². The highest BCUT2D eigenvalue weighted by Gasteiger charge is 2.33. The first-order valence-corrected chi connectivity index (χ1v) is 7.15. The van der Waals surface area contributed by atoms with E-state index >= 15 is 0 Å². The molecule has 1 amide bonds. The second-order valence-electron chi connectivity index (χ2n) is 5.61. The van der Waals surface area contributed by atoms with Gasteiger partial charge in [0.15, 0.2) is 0 Å². The molecule has 3 aliphatic rings. The number of hydroxylamine groups is 1. The number of benzene rings is 1. The van der Waals surface area contributed by atoms with Gasteiger partial charge < -0.3 is 4.84 Å². The van der Waals surface area contributed by atoms with Gasteiger partial charge in [0.05, 0.1) is 11.4 Å². The number of fused-ring (bicyclic) bond motifs is 3. The smallest absolute Gasteiger partial charge is 0.252 e. The zero-order valence-electron chi connectivity index (χ0n) is 11.1. The van der Waals surface area contributed by atoms with Crippen LogP contribution in [0.4, 0.5) is 0 Å². The Hall–Kier alpha value is -2.10. The van der Waals surface area contributed by atoms with E-state index in [1.54, 1.807) is 0 Å². The number of nitrogens with zero attached hydrogens (tertiary/aromatic N) is 1. The van der Waals surface area contributed by atoms with Crippen molar-refractivity contribution in [1.82, 2.24) is 5.48 Å². The van der Waals surface area contributed by atoms with Gasteiger partial charge in [-0.15, -0.1) is 0 Å². The summed E-state index contributed by atoms with van der Waals surface area (Å²) in [5.74, 6) is 1.24. The summed E-state index contributed by atoms with van der Waals surface area (Å²) in [7, 11) is 0. The number of carbonyl (C=O) groups is 1.